The van der Waals surface area contributed by atoms with E-state index in [9.17, 15) is 56.4 Å². The van der Waals surface area contributed by atoms with Gasteiger partial charge in [-0.1, -0.05) is 62.4 Å². The summed E-state index contributed by atoms with van der Waals surface area (Å²) in [6.07, 6.45) is 0.884. The second-order valence-electron chi connectivity index (χ2n) is 11.7. The molecule has 21 heteroatoms. The molecule has 6 aromatic rings. The Morgan fingerprint density at radius 1 is 0.561 bits per heavy atom. The van der Waals surface area contributed by atoms with Gasteiger partial charge in [-0.3, -0.25) is 20.2 Å². The van der Waals surface area contributed by atoms with Crippen molar-refractivity contribution in [3.05, 3.63) is 128 Å². The van der Waals surface area contributed by atoms with E-state index in [0.717, 1.165) is 12.1 Å². The van der Waals surface area contributed by atoms with Crippen LogP contribution in [0, 0.1) is 20.2 Å². The number of nitrogens with zero attached hydrogens (tertiary/aromatic N) is 6. The summed E-state index contributed by atoms with van der Waals surface area (Å²) < 4.78 is 68.8. The number of aryl methyl sites for hydroxylation is 2. The predicted octanol–water partition coefficient (Wildman–Crippen LogP) is 8.29. The van der Waals surface area contributed by atoms with Crippen LogP contribution in [0.2, 0.25) is 0 Å². The van der Waals surface area contributed by atoms with Gasteiger partial charge in [-0.15, -0.1) is 10.2 Å². The van der Waals surface area contributed by atoms with Crippen LogP contribution >= 0.6 is 0 Å². The summed E-state index contributed by atoms with van der Waals surface area (Å²) >= 11 is 0. The standard InChI is InChI=1S/2C18H15N3O6S.Ba/c2*1-2-11-9-13(21(23)24)7-8-15(11)19-20-17-14-6-4-3-5-12(14)10-16(18(17)22)28(25,26)27;/h2*3-10,22H,2H2,1H3,(H,25,26,27);/q;;+2/p-2. The summed E-state index contributed by atoms with van der Waals surface area (Å²) in [5.41, 5.74) is 1.22. The molecule has 0 aliphatic rings. The van der Waals surface area contributed by atoms with E-state index in [0.29, 0.717) is 56.9 Å². The smallest absolute Gasteiger partial charge is 0.744 e. The average Bonchev–Trinajstić information content (AvgIpc) is 3.16. The molecule has 288 valence electrons. The molecule has 18 nitrogen and oxygen atoms in total. The molecule has 0 atom stereocenters. The SMILES string of the molecule is CCc1cc([N+](=O)[O-])ccc1N=Nc1c(O)c(S(=O)(=O)[O-])cc2ccccc12.CCc1cc([N+](=O)[O-])ccc1N=Nc1c(O)c(S(=O)(=O)[O-])cc2ccccc12.[Ba+2]. The van der Waals surface area contributed by atoms with Gasteiger partial charge in [-0.25, -0.2) is 16.8 Å². The zero-order chi connectivity index (χ0) is 40.9. The zero-order valence-corrected chi connectivity index (χ0v) is 35.9. The molecule has 0 heterocycles. The fourth-order valence-electron chi connectivity index (χ4n) is 5.51. The van der Waals surface area contributed by atoms with Crippen molar-refractivity contribution in [3.63, 3.8) is 0 Å². The molecule has 0 saturated carbocycles. The van der Waals surface area contributed by atoms with Gasteiger partial charge in [0, 0.05) is 35.0 Å². The maximum absolute atomic E-state index is 11.5. The van der Waals surface area contributed by atoms with Crippen molar-refractivity contribution >= 4 is 125 Å². The fraction of sp³-hybridized carbons (Fsp3) is 0.111. The van der Waals surface area contributed by atoms with Crippen LogP contribution in [0.15, 0.2) is 127 Å². The van der Waals surface area contributed by atoms with Gasteiger partial charge in [0.25, 0.3) is 11.4 Å². The van der Waals surface area contributed by atoms with Crippen LogP contribution in [-0.4, -0.2) is 94.9 Å². The van der Waals surface area contributed by atoms with Gasteiger partial charge < -0.3 is 19.3 Å². The van der Waals surface area contributed by atoms with E-state index >= 15 is 0 Å². The Morgan fingerprint density at radius 2 is 0.912 bits per heavy atom. The molecular formula is C36H28BaN6O12S2. The first-order chi connectivity index (χ1) is 26.4. The van der Waals surface area contributed by atoms with E-state index in [1.54, 1.807) is 62.4 Å². The number of phenols is 2. The molecule has 0 radical (unpaired) electrons. The van der Waals surface area contributed by atoms with Crippen LogP contribution in [-0.2, 0) is 33.1 Å². The molecule has 0 unspecified atom stereocenters. The first-order valence-electron chi connectivity index (χ1n) is 16.2. The number of aromatic hydroxyl groups is 2. The van der Waals surface area contributed by atoms with Gasteiger partial charge in [0.05, 0.1) is 31.0 Å². The van der Waals surface area contributed by atoms with Crippen LogP contribution in [0.3, 0.4) is 0 Å². The number of nitro groups is 2. The van der Waals surface area contributed by atoms with Crippen molar-refractivity contribution in [2.24, 2.45) is 20.5 Å². The summed E-state index contributed by atoms with van der Waals surface area (Å²) in [5, 5.41) is 60.0. The zero-order valence-electron chi connectivity index (χ0n) is 29.8. The summed E-state index contributed by atoms with van der Waals surface area (Å²) in [4.78, 5) is 19.2. The average molecular weight is 938 g/mol. The summed E-state index contributed by atoms with van der Waals surface area (Å²) in [7, 11) is -9.87. The Balaban J connectivity index is 0.000000248. The van der Waals surface area contributed by atoms with Gasteiger partial charge >= 0.3 is 48.9 Å². The second-order valence-corrected chi connectivity index (χ2v) is 14.4. The van der Waals surface area contributed by atoms with Gasteiger partial charge in [0.2, 0.25) is 0 Å². The third-order valence-corrected chi connectivity index (χ3v) is 9.98. The van der Waals surface area contributed by atoms with Crippen molar-refractivity contribution in [1.82, 2.24) is 0 Å². The minimum Gasteiger partial charge on any atom is -0.744 e. The Hall–Kier alpha value is -5.17. The molecular weight excluding hydrogens is 910 g/mol. The molecule has 0 bridgehead atoms. The number of fused-ring (bicyclic) bond motifs is 2. The Morgan fingerprint density at radius 3 is 1.23 bits per heavy atom. The molecule has 0 aromatic heterocycles. The fourth-order valence-corrected chi connectivity index (χ4v) is 6.72. The molecule has 0 spiro atoms. The number of azo groups is 2. The van der Waals surface area contributed by atoms with Crippen molar-refractivity contribution in [2.75, 3.05) is 0 Å². The molecule has 0 saturated heterocycles. The molecule has 0 aliphatic carbocycles. The Bertz CT molecular complexity index is 2640. The second kappa shape index (κ2) is 18.4. The van der Waals surface area contributed by atoms with E-state index in [1.165, 1.54) is 36.4 Å². The molecule has 0 fully saturated rings. The molecule has 57 heavy (non-hydrogen) atoms. The first-order valence-corrected chi connectivity index (χ1v) is 19.1. The largest absolute Gasteiger partial charge is 2.00 e. The number of rotatable bonds is 10. The molecule has 2 N–H and O–H groups in total. The Kier molecular flexibility index (Phi) is 14.4. The maximum Gasteiger partial charge on any atom is 2.00 e. The van der Waals surface area contributed by atoms with Crippen molar-refractivity contribution in [1.29, 1.82) is 0 Å². The van der Waals surface area contributed by atoms with Crippen LogP contribution in [0.4, 0.5) is 34.1 Å². The minimum absolute atomic E-state index is 0. The maximum atomic E-state index is 11.5. The number of nitro benzene ring substituents is 2. The number of non-ortho nitro benzene ring substituents is 2. The monoisotopic (exact) mass is 938 g/mol. The third kappa shape index (κ3) is 10.2. The van der Waals surface area contributed by atoms with Crippen LogP contribution < -0.4 is 0 Å². The summed E-state index contributed by atoms with van der Waals surface area (Å²) in [5.74, 6) is -1.59. The van der Waals surface area contributed by atoms with E-state index in [4.69, 9.17) is 0 Å². The topological polar surface area (TPSA) is 291 Å². The quantitative estimate of drug-likeness (QED) is 0.0431. The normalized spacial score (nSPS) is 11.7. The van der Waals surface area contributed by atoms with Crippen molar-refractivity contribution in [3.8, 4) is 11.5 Å². The molecule has 0 amide bonds. The molecule has 0 aliphatic heterocycles. The van der Waals surface area contributed by atoms with E-state index in [1.807, 2.05) is 0 Å². The van der Waals surface area contributed by atoms with E-state index in [-0.39, 0.29) is 71.6 Å². The summed E-state index contributed by atoms with van der Waals surface area (Å²) in [6, 6.07) is 23.2. The molecule has 6 rings (SSSR count). The van der Waals surface area contributed by atoms with Crippen LogP contribution in [0.5, 0.6) is 11.5 Å². The van der Waals surface area contributed by atoms with Crippen LogP contribution in [0.25, 0.3) is 21.5 Å². The van der Waals surface area contributed by atoms with Gasteiger partial charge in [-0.2, -0.15) is 10.2 Å². The van der Waals surface area contributed by atoms with Crippen molar-refractivity contribution < 1.29 is 46.0 Å². The minimum atomic E-state index is -4.94. The number of hydrogen-bond acceptors (Lipinski definition) is 16. The Labute approximate surface area is 364 Å². The van der Waals surface area contributed by atoms with Crippen molar-refractivity contribution in [2.45, 2.75) is 36.5 Å². The third-order valence-electron chi connectivity index (χ3n) is 8.28. The van der Waals surface area contributed by atoms with Gasteiger partial charge in [0.15, 0.2) is 11.5 Å². The number of benzene rings is 6. The van der Waals surface area contributed by atoms with Gasteiger partial charge in [-0.05, 0) is 59.0 Å². The summed E-state index contributed by atoms with van der Waals surface area (Å²) in [6.45, 7) is 3.57. The predicted molar refractivity (Wildman–Crippen MR) is 206 cm³/mol. The van der Waals surface area contributed by atoms with Crippen LogP contribution in [0.1, 0.15) is 25.0 Å². The first kappa shape index (κ1) is 44.5. The van der Waals surface area contributed by atoms with E-state index < -0.39 is 51.4 Å². The van der Waals surface area contributed by atoms with E-state index in [2.05, 4.69) is 20.5 Å². The number of hydrogen-bond donors (Lipinski definition) is 2. The van der Waals surface area contributed by atoms with Gasteiger partial charge in [0.1, 0.15) is 31.6 Å². The molecule has 6 aromatic carbocycles. The number of phenolic OH excluding ortho intramolecular Hbond substituents is 2.